The molecule has 1 aliphatic heterocycles. The van der Waals surface area contributed by atoms with E-state index in [0.717, 1.165) is 54.1 Å². The number of likely N-dealkylation sites (N-methyl/N-ethyl adjacent to an activating group) is 1. The van der Waals surface area contributed by atoms with Crippen LogP contribution in [0.4, 0.5) is 24.0 Å². The maximum atomic E-state index is 13.0. The van der Waals surface area contributed by atoms with Gasteiger partial charge in [-0.2, -0.15) is 13.2 Å². The number of halogens is 3. The average molecular weight is 530 g/mol. The summed E-state index contributed by atoms with van der Waals surface area (Å²) in [5.41, 5.74) is 1.72. The molecular formula is C25H26F3N7OS. The van der Waals surface area contributed by atoms with Gasteiger partial charge in [0.15, 0.2) is 5.13 Å². The second kappa shape index (κ2) is 10.1. The lowest BCUT2D eigenvalue weighted by atomic mass is 10.2. The van der Waals surface area contributed by atoms with E-state index < -0.39 is 11.7 Å². The molecule has 1 fully saturated rings. The standard InChI is InChI=1S/C25H26F3N7OS/c1-3-34-9-8-18(13-34)35-14-31-20-11-29-19(10-21(20)35)23(36)32-15(2)22-12-30-24(37-22)33-17-6-4-16(5-7-17)25(26,27)28/h4-7,10-12,14-15,18H,3,8-9,13H2,1-2H3,(H,30,33)(H,32,36)/t15-,18-/m1/s1. The van der Waals surface area contributed by atoms with Gasteiger partial charge < -0.3 is 20.1 Å². The Labute approximate surface area is 215 Å². The SMILES string of the molecule is CCN1CC[C@@H](n2cnc3cnc(C(=O)N[C@H](C)c4cnc(Nc5ccc(C(F)(F)F)cc5)s4)cc32)C1. The second-order valence-electron chi connectivity index (χ2n) is 9.01. The number of nitrogens with one attached hydrogen (secondary N) is 2. The van der Waals surface area contributed by atoms with Crippen LogP contribution in [0.2, 0.25) is 0 Å². The summed E-state index contributed by atoms with van der Waals surface area (Å²) >= 11 is 1.31. The number of thiazole rings is 1. The first-order valence-corrected chi connectivity index (χ1v) is 12.8. The fraction of sp³-hybridized carbons (Fsp3) is 0.360. The highest BCUT2D eigenvalue weighted by atomic mass is 32.1. The highest BCUT2D eigenvalue weighted by Gasteiger charge is 2.30. The molecule has 0 aliphatic carbocycles. The lowest BCUT2D eigenvalue weighted by Gasteiger charge is -2.15. The van der Waals surface area contributed by atoms with Crippen LogP contribution in [0.5, 0.6) is 0 Å². The number of anilines is 2. The molecular weight excluding hydrogens is 503 g/mol. The number of aromatic nitrogens is 4. The lowest BCUT2D eigenvalue weighted by molar-refractivity contribution is -0.137. The Bertz CT molecular complexity index is 1400. The Kier molecular flexibility index (Phi) is 6.86. The van der Waals surface area contributed by atoms with Crippen molar-refractivity contribution >= 4 is 39.1 Å². The third-order valence-corrected chi connectivity index (χ3v) is 7.64. The number of nitrogens with zero attached hydrogens (tertiary/aromatic N) is 5. The van der Waals surface area contributed by atoms with Crippen molar-refractivity contribution in [2.45, 2.75) is 38.5 Å². The van der Waals surface area contributed by atoms with Crippen molar-refractivity contribution < 1.29 is 18.0 Å². The van der Waals surface area contributed by atoms with E-state index in [1.54, 1.807) is 18.5 Å². The third kappa shape index (κ3) is 5.44. The summed E-state index contributed by atoms with van der Waals surface area (Å²) in [4.78, 5) is 29.2. The van der Waals surface area contributed by atoms with Gasteiger partial charge in [-0.25, -0.2) is 15.0 Å². The van der Waals surface area contributed by atoms with Crippen LogP contribution in [0.25, 0.3) is 11.0 Å². The van der Waals surface area contributed by atoms with Crippen molar-refractivity contribution in [3.8, 4) is 0 Å². The lowest BCUT2D eigenvalue weighted by Crippen LogP contribution is -2.27. The summed E-state index contributed by atoms with van der Waals surface area (Å²) in [6.07, 6.45) is 1.73. The first kappa shape index (κ1) is 25.2. The van der Waals surface area contributed by atoms with E-state index in [0.29, 0.717) is 22.6 Å². The van der Waals surface area contributed by atoms with Gasteiger partial charge in [-0.3, -0.25) is 4.79 Å². The molecule has 0 radical (unpaired) electrons. The van der Waals surface area contributed by atoms with Crippen molar-refractivity contribution in [1.29, 1.82) is 0 Å². The molecule has 0 spiro atoms. The number of carbonyl (C=O) groups is 1. The van der Waals surface area contributed by atoms with E-state index in [1.165, 1.54) is 23.5 Å². The van der Waals surface area contributed by atoms with E-state index in [-0.39, 0.29) is 11.9 Å². The number of amides is 1. The smallest absolute Gasteiger partial charge is 0.343 e. The zero-order chi connectivity index (χ0) is 26.2. The molecule has 8 nitrogen and oxygen atoms in total. The fourth-order valence-corrected chi connectivity index (χ4v) is 5.26. The molecule has 4 heterocycles. The summed E-state index contributed by atoms with van der Waals surface area (Å²) in [5.74, 6) is -0.311. The molecule has 194 valence electrons. The summed E-state index contributed by atoms with van der Waals surface area (Å²) in [6, 6.07) is 6.49. The number of fused-ring (bicyclic) bond motifs is 1. The molecule has 37 heavy (non-hydrogen) atoms. The molecule has 0 unspecified atom stereocenters. The highest BCUT2D eigenvalue weighted by molar-refractivity contribution is 7.15. The maximum Gasteiger partial charge on any atom is 0.416 e. The first-order chi connectivity index (χ1) is 17.7. The molecule has 0 saturated carbocycles. The molecule has 1 saturated heterocycles. The summed E-state index contributed by atoms with van der Waals surface area (Å²) in [7, 11) is 0. The van der Waals surface area contributed by atoms with Gasteiger partial charge in [0.05, 0.1) is 29.6 Å². The number of benzene rings is 1. The van der Waals surface area contributed by atoms with Crippen molar-refractivity contribution in [1.82, 2.24) is 29.7 Å². The van der Waals surface area contributed by atoms with Gasteiger partial charge in [-0.15, -0.1) is 0 Å². The molecule has 4 aromatic rings. The number of pyridine rings is 1. The predicted molar refractivity (Wildman–Crippen MR) is 136 cm³/mol. The van der Waals surface area contributed by atoms with E-state index in [1.807, 2.05) is 13.3 Å². The minimum atomic E-state index is -4.38. The van der Waals surface area contributed by atoms with Crippen LogP contribution in [0.1, 0.15) is 53.3 Å². The zero-order valence-electron chi connectivity index (χ0n) is 20.3. The highest BCUT2D eigenvalue weighted by Crippen LogP contribution is 2.32. The van der Waals surface area contributed by atoms with Crippen molar-refractivity contribution in [2.24, 2.45) is 0 Å². The number of carbonyl (C=O) groups excluding carboxylic acids is 1. The quantitative estimate of drug-likeness (QED) is 0.333. The Morgan fingerprint density at radius 1 is 1.19 bits per heavy atom. The number of imidazole rings is 1. The number of hydrogen-bond donors (Lipinski definition) is 2. The number of rotatable bonds is 7. The van der Waals surface area contributed by atoms with E-state index in [4.69, 9.17) is 0 Å². The van der Waals surface area contributed by atoms with Crippen molar-refractivity contribution in [2.75, 3.05) is 25.0 Å². The van der Waals surface area contributed by atoms with Gasteiger partial charge in [-0.1, -0.05) is 18.3 Å². The van der Waals surface area contributed by atoms with E-state index in [2.05, 4.69) is 42.0 Å². The Balaban J connectivity index is 1.25. The van der Waals surface area contributed by atoms with Gasteiger partial charge in [0, 0.05) is 35.9 Å². The molecule has 5 rings (SSSR count). The number of hydrogen-bond acceptors (Lipinski definition) is 7. The molecule has 0 bridgehead atoms. The Morgan fingerprint density at radius 3 is 2.68 bits per heavy atom. The number of likely N-dealkylation sites (tertiary alicyclic amines) is 1. The minimum Gasteiger partial charge on any atom is -0.343 e. The summed E-state index contributed by atoms with van der Waals surface area (Å²) < 4.78 is 40.4. The van der Waals surface area contributed by atoms with E-state index >= 15 is 0 Å². The predicted octanol–water partition coefficient (Wildman–Crippen LogP) is 5.41. The van der Waals surface area contributed by atoms with Crippen LogP contribution in [-0.2, 0) is 6.18 Å². The van der Waals surface area contributed by atoms with Crippen LogP contribution >= 0.6 is 11.3 Å². The van der Waals surface area contributed by atoms with Gasteiger partial charge in [0.2, 0.25) is 0 Å². The molecule has 1 aliphatic rings. The number of alkyl halides is 3. The topological polar surface area (TPSA) is 88.0 Å². The van der Waals surface area contributed by atoms with Gasteiger partial charge in [0.25, 0.3) is 5.91 Å². The van der Waals surface area contributed by atoms with Crippen molar-refractivity contribution in [3.05, 3.63) is 65.2 Å². The second-order valence-corrected chi connectivity index (χ2v) is 10.1. The van der Waals surface area contributed by atoms with Crippen LogP contribution in [0.3, 0.4) is 0 Å². The molecule has 1 aromatic carbocycles. The van der Waals surface area contributed by atoms with Crippen LogP contribution in [0.15, 0.2) is 49.1 Å². The van der Waals surface area contributed by atoms with E-state index in [9.17, 15) is 18.0 Å². The van der Waals surface area contributed by atoms with Gasteiger partial charge >= 0.3 is 6.18 Å². The summed E-state index contributed by atoms with van der Waals surface area (Å²) in [5, 5.41) is 6.47. The molecule has 1 amide bonds. The Morgan fingerprint density at radius 2 is 1.97 bits per heavy atom. The third-order valence-electron chi connectivity index (χ3n) is 6.54. The maximum absolute atomic E-state index is 13.0. The zero-order valence-corrected chi connectivity index (χ0v) is 21.1. The minimum absolute atomic E-state index is 0.305. The van der Waals surface area contributed by atoms with Crippen LogP contribution in [-0.4, -0.2) is 50.0 Å². The van der Waals surface area contributed by atoms with Gasteiger partial charge in [0.1, 0.15) is 11.2 Å². The molecule has 2 atom stereocenters. The van der Waals surface area contributed by atoms with Crippen LogP contribution in [0, 0.1) is 0 Å². The normalized spacial score (nSPS) is 17.3. The largest absolute Gasteiger partial charge is 0.416 e. The van der Waals surface area contributed by atoms with Gasteiger partial charge in [-0.05, 0) is 50.2 Å². The van der Waals surface area contributed by atoms with Crippen molar-refractivity contribution in [3.63, 3.8) is 0 Å². The fourth-order valence-electron chi connectivity index (χ4n) is 4.42. The Hall–Kier alpha value is -3.51. The van der Waals surface area contributed by atoms with Crippen LogP contribution < -0.4 is 10.6 Å². The summed E-state index contributed by atoms with van der Waals surface area (Å²) in [6.45, 7) is 7.00. The first-order valence-electron chi connectivity index (χ1n) is 12.0. The molecule has 12 heteroatoms. The monoisotopic (exact) mass is 529 g/mol. The molecule has 2 N–H and O–H groups in total. The average Bonchev–Trinajstić information content (AvgIpc) is 3.62. The molecule has 3 aromatic heterocycles.